The van der Waals surface area contributed by atoms with Crippen molar-refractivity contribution in [3.8, 4) is 0 Å². The van der Waals surface area contributed by atoms with Crippen molar-refractivity contribution in [2.45, 2.75) is 76.9 Å². The van der Waals surface area contributed by atoms with Crippen LogP contribution in [-0.2, 0) is 13.1 Å². The number of nitrogens with zero attached hydrogens (tertiary/aromatic N) is 4. The van der Waals surface area contributed by atoms with Gasteiger partial charge in [0, 0.05) is 36.8 Å². The summed E-state index contributed by atoms with van der Waals surface area (Å²) in [6, 6.07) is 6.34. The molecule has 0 radical (unpaired) electrons. The lowest BCUT2D eigenvalue weighted by molar-refractivity contribution is 0.0766. The van der Waals surface area contributed by atoms with Crippen LogP contribution in [0.25, 0.3) is 0 Å². The molecule has 1 atom stereocenters. The molecule has 1 unspecified atom stereocenters. The van der Waals surface area contributed by atoms with E-state index in [1.807, 2.05) is 34.0 Å². The first-order chi connectivity index (χ1) is 15.5. The fourth-order valence-electron chi connectivity index (χ4n) is 5.71. The van der Waals surface area contributed by atoms with E-state index in [2.05, 4.69) is 23.2 Å². The molecule has 32 heavy (non-hydrogen) atoms. The van der Waals surface area contributed by atoms with Crippen LogP contribution in [-0.4, -0.2) is 32.3 Å². The van der Waals surface area contributed by atoms with E-state index in [0.717, 1.165) is 41.6 Å². The maximum absolute atomic E-state index is 14.2. The lowest BCUT2D eigenvalue weighted by Crippen LogP contribution is -2.26. The molecule has 0 spiro atoms. The molecule has 1 aromatic carbocycles. The zero-order chi connectivity index (χ0) is 21.9. The molecule has 0 saturated heterocycles. The van der Waals surface area contributed by atoms with Gasteiger partial charge in [0.2, 0.25) is 5.95 Å². The number of rotatable bonds is 5. The minimum absolute atomic E-state index is 0.0614. The molecule has 1 amide bonds. The molecule has 6 heteroatoms. The van der Waals surface area contributed by atoms with Crippen molar-refractivity contribution in [2.75, 3.05) is 0 Å². The monoisotopic (exact) mass is 432 g/mol. The summed E-state index contributed by atoms with van der Waals surface area (Å²) in [5.41, 5.74) is 4.70. The van der Waals surface area contributed by atoms with Gasteiger partial charge in [0.15, 0.2) is 0 Å². The first-order valence-corrected chi connectivity index (χ1v) is 11.9. The number of fused-ring (bicyclic) bond motifs is 1. The van der Waals surface area contributed by atoms with Gasteiger partial charge in [-0.1, -0.05) is 31.9 Å². The molecule has 2 aromatic rings. The van der Waals surface area contributed by atoms with Crippen LogP contribution in [0.1, 0.15) is 84.8 Å². The van der Waals surface area contributed by atoms with Gasteiger partial charge in [0.1, 0.15) is 0 Å². The van der Waals surface area contributed by atoms with Crippen molar-refractivity contribution in [1.29, 1.82) is 0 Å². The first-order valence-electron chi connectivity index (χ1n) is 11.9. The van der Waals surface area contributed by atoms with Crippen LogP contribution in [0.5, 0.6) is 0 Å². The number of benzene rings is 1. The molecule has 2 aliphatic heterocycles. The van der Waals surface area contributed by atoms with Crippen molar-refractivity contribution in [2.24, 2.45) is 10.4 Å². The maximum Gasteiger partial charge on any atom is 0.254 e. The topological polar surface area (TPSA) is 50.5 Å². The van der Waals surface area contributed by atoms with E-state index in [-0.39, 0.29) is 11.8 Å². The van der Waals surface area contributed by atoms with Crippen LogP contribution in [0, 0.1) is 5.41 Å². The Balaban J connectivity index is 1.29. The Labute approximate surface area is 188 Å². The van der Waals surface area contributed by atoms with Crippen LogP contribution >= 0.6 is 0 Å². The number of aliphatic imine (C=N–C) groups is 1. The van der Waals surface area contributed by atoms with Gasteiger partial charge < -0.3 is 4.90 Å². The third-order valence-corrected chi connectivity index (χ3v) is 7.71. The van der Waals surface area contributed by atoms with Crippen molar-refractivity contribution >= 4 is 11.6 Å². The highest BCUT2D eigenvalue weighted by molar-refractivity contribution is 6.08. The first kappa shape index (κ1) is 19.9. The van der Waals surface area contributed by atoms with Crippen LogP contribution in [0.2, 0.25) is 0 Å². The van der Waals surface area contributed by atoms with Crippen LogP contribution in [0.3, 0.4) is 0 Å². The van der Waals surface area contributed by atoms with Gasteiger partial charge in [-0.3, -0.25) is 9.48 Å². The number of carbonyl (C=O) groups is 1. The molecule has 3 heterocycles. The van der Waals surface area contributed by atoms with Gasteiger partial charge in [-0.15, -0.1) is 0 Å². The average molecular weight is 433 g/mol. The number of hydrogen-bond acceptors (Lipinski definition) is 3. The summed E-state index contributed by atoms with van der Waals surface area (Å²) < 4.78 is 16.3. The summed E-state index contributed by atoms with van der Waals surface area (Å²) in [5, 5.41) is 4.64. The van der Waals surface area contributed by atoms with Crippen molar-refractivity contribution in [3.63, 3.8) is 0 Å². The van der Waals surface area contributed by atoms with Gasteiger partial charge >= 0.3 is 0 Å². The van der Waals surface area contributed by atoms with Gasteiger partial charge in [0.25, 0.3) is 5.91 Å². The highest BCUT2D eigenvalue weighted by Crippen LogP contribution is 2.40. The third-order valence-electron chi connectivity index (χ3n) is 7.71. The van der Waals surface area contributed by atoms with Crippen molar-refractivity contribution < 1.29 is 9.18 Å². The minimum Gasteiger partial charge on any atom is -0.331 e. The Hall–Kier alpha value is -2.76. The summed E-state index contributed by atoms with van der Waals surface area (Å²) in [6.07, 6.45) is 13.4. The molecule has 0 bridgehead atoms. The highest BCUT2D eigenvalue weighted by Gasteiger charge is 2.38. The summed E-state index contributed by atoms with van der Waals surface area (Å²) in [5.74, 6) is -0.409. The fraction of sp³-hybridized carbons (Fsp3) is 0.500. The van der Waals surface area contributed by atoms with Crippen LogP contribution in [0.4, 0.5) is 4.39 Å². The van der Waals surface area contributed by atoms with Gasteiger partial charge in [-0.25, -0.2) is 4.99 Å². The summed E-state index contributed by atoms with van der Waals surface area (Å²) in [7, 11) is 0. The number of carbonyl (C=O) groups excluding carboxylic acids is 1. The van der Waals surface area contributed by atoms with Gasteiger partial charge in [0.05, 0.1) is 11.9 Å². The van der Waals surface area contributed by atoms with E-state index in [4.69, 9.17) is 0 Å². The van der Waals surface area contributed by atoms with Crippen LogP contribution in [0.15, 0.2) is 47.6 Å². The second-order valence-corrected chi connectivity index (χ2v) is 10.3. The lowest BCUT2D eigenvalue weighted by Gasteiger charge is -2.23. The molecule has 5 nitrogen and oxygen atoms in total. The van der Waals surface area contributed by atoms with Crippen molar-refractivity contribution in [3.05, 3.63) is 64.9 Å². The zero-order valence-electron chi connectivity index (χ0n) is 18.6. The molecule has 2 aliphatic carbocycles. The molecule has 2 fully saturated rings. The van der Waals surface area contributed by atoms with E-state index >= 15 is 0 Å². The molecule has 6 rings (SSSR count). The maximum atomic E-state index is 14.2. The molecule has 4 aliphatic rings. The average Bonchev–Trinajstić information content (AvgIpc) is 3.23. The van der Waals surface area contributed by atoms with E-state index < -0.39 is 5.95 Å². The highest BCUT2D eigenvalue weighted by atomic mass is 19.1. The number of halogens is 1. The number of allylic oxidation sites excluding steroid dienone is 1. The second kappa shape index (κ2) is 7.39. The van der Waals surface area contributed by atoms with E-state index in [0.29, 0.717) is 30.1 Å². The zero-order valence-corrected chi connectivity index (χ0v) is 18.6. The molecule has 1 aromatic heterocycles. The fourth-order valence-corrected chi connectivity index (χ4v) is 5.71. The predicted molar refractivity (Wildman–Crippen MR) is 121 cm³/mol. The summed E-state index contributed by atoms with van der Waals surface area (Å²) in [4.78, 5) is 19.2. The number of aromatic nitrogens is 2. The quantitative estimate of drug-likeness (QED) is 0.597. The molecular formula is C26H29FN4O. The van der Waals surface area contributed by atoms with Gasteiger partial charge in [-0.2, -0.15) is 9.49 Å². The summed E-state index contributed by atoms with van der Waals surface area (Å²) in [6.45, 7) is 3.95. The van der Waals surface area contributed by atoms with E-state index in [9.17, 15) is 9.18 Å². The summed E-state index contributed by atoms with van der Waals surface area (Å²) >= 11 is 0. The standard InChI is InChI=1S/C26H29FN4O/c1-26(10-2-3-11-26)16-30-14-19(13-28-30)21-8-9-23(27)29-24(21)17-4-5-18-15-31(20-6-7-20)25(32)22(18)12-17/h4-5,9,12-14,20-21H,2-3,6-8,10-11,15-16H2,1H3. The molecule has 0 N–H and O–H groups in total. The third kappa shape index (κ3) is 3.50. The molecule has 2 saturated carbocycles. The molecule has 166 valence electrons. The Morgan fingerprint density at radius 3 is 2.81 bits per heavy atom. The number of amides is 1. The minimum atomic E-state index is -0.450. The Bertz CT molecular complexity index is 1140. The van der Waals surface area contributed by atoms with Crippen molar-refractivity contribution in [1.82, 2.24) is 14.7 Å². The predicted octanol–water partition coefficient (Wildman–Crippen LogP) is 5.37. The molecular weight excluding hydrogens is 403 g/mol. The largest absolute Gasteiger partial charge is 0.331 e. The van der Waals surface area contributed by atoms with Gasteiger partial charge in [-0.05, 0) is 66.4 Å². The van der Waals surface area contributed by atoms with Crippen LogP contribution < -0.4 is 0 Å². The lowest BCUT2D eigenvalue weighted by atomic mass is 9.86. The van der Waals surface area contributed by atoms with E-state index in [1.54, 1.807) is 6.08 Å². The Morgan fingerprint density at radius 1 is 1.22 bits per heavy atom. The Kier molecular flexibility index (Phi) is 4.60. The number of hydrogen-bond donors (Lipinski definition) is 0. The second-order valence-electron chi connectivity index (χ2n) is 10.3. The SMILES string of the molecule is CC1(Cn2cc(C3CC=C(F)N=C3c3ccc4c(c3)C(=O)N(C3CC3)C4)cn2)CCCC1. The normalized spacial score (nSPS) is 24.5. The smallest absolute Gasteiger partial charge is 0.254 e. The Morgan fingerprint density at radius 2 is 2.03 bits per heavy atom. The van der Waals surface area contributed by atoms with E-state index in [1.165, 1.54) is 25.7 Å².